The molecule has 246 valence electrons. The highest BCUT2D eigenvalue weighted by Gasteiger charge is 2.57. The number of nitrogens with zero attached hydrogens (tertiary/aromatic N) is 2. The third-order valence-electron chi connectivity index (χ3n) is 8.77. The second kappa shape index (κ2) is 16.0. The Morgan fingerprint density at radius 2 is 1.52 bits per heavy atom. The lowest BCUT2D eigenvalue weighted by molar-refractivity contribution is -0.155. The van der Waals surface area contributed by atoms with Gasteiger partial charge in [0, 0.05) is 25.6 Å². The van der Waals surface area contributed by atoms with Crippen LogP contribution in [0.3, 0.4) is 0 Å². The van der Waals surface area contributed by atoms with Crippen LogP contribution in [-0.2, 0) is 36.8 Å². The van der Waals surface area contributed by atoms with Crippen molar-refractivity contribution in [2.75, 3.05) is 13.1 Å². The lowest BCUT2D eigenvalue weighted by atomic mass is 9.75. The molecule has 12 heteroatoms. The lowest BCUT2D eigenvalue weighted by Gasteiger charge is -2.42. The van der Waals surface area contributed by atoms with Crippen LogP contribution >= 0.6 is 0 Å². The maximum Gasteiger partial charge on any atom is 0.287 e. The summed E-state index contributed by atoms with van der Waals surface area (Å²) in [6.45, 7) is 0.307. The fourth-order valence-electron chi connectivity index (χ4n) is 6.24. The fourth-order valence-corrected chi connectivity index (χ4v) is 6.24. The number of amides is 4. The van der Waals surface area contributed by atoms with E-state index in [4.69, 9.17) is 17.2 Å². The Hall–Kier alpha value is -4.74. The molecule has 2 aromatic rings. The van der Waals surface area contributed by atoms with E-state index in [9.17, 15) is 24.0 Å². The average molecular weight is 632 g/mol. The Bertz CT molecular complexity index is 1410. The van der Waals surface area contributed by atoms with E-state index in [1.807, 2.05) is 60.7 Å². The normalized spacial score (nSPS) is 18.7. The summed E-state index contributed by atoms with van der Waals surface area (Å²) < 4.78 is 0. The third-order valence-corrected chi connectivity index (χ3v) is 8.77. The Labute approximate surface area is 269 Å². The molecule has 4 rings (SSSR count). The SMILES string of the molecule is NC(=O)C1([C@H](CCCN=C(N)N)C(=O)C(=O)NC2CC2)CCCN1C(=O)[C@H](CCc1ccccc1)NC(=O)CCc1ccccc1. The van der Waals surface area contributed by atoms with E-state index < -0.39 is 41.0 Å². The summed E-state index contributed by atoms with van der Waals surface area (Å²) in [5.41, 5.74) is 17.2. The highest BCUT2D eigenvalue weighted by molar-refractivity contribution is 6.38. The molecule has 3 atom stereocenters. The molecule has 8 N–H and O–H groups in total. The highest BCUT2D eigenvalue weighted by Crippen LogP contribution is 2.40. The number of aryl methyl sites for hydroxylation is 2. The van der Waals surface area contributed by atoms with Crippen LogP contribution in [0.25, 0.3) is 0 Å². The Morgan fingerprint density at radius 3 is 2.11 bits per heavy atom. The number of hydrogen-bond donors (Lipinski definition) is 5. The van der Waals surface area contributed by atoms with Crippen molar-refractivity contribution in [1.82, 2.24) is 15.5 Å². The number of guanidine groups is 1. The van der Waals surface area contributed by atoms with Crippen LogP contribution in [0, 0.1) is 5.92 Å². The van der Waals surface area contributed by atoms with Crippen LogP contribution in [0.2, 0.25) is 0 Å². The van der Waals surface area contributed by atoms with Crippen molar-refractivity contribution in [2.45, 2.75) is 81.8 Å². The zero-order valence-corrected chi connectivity index (χ0v) is 26.2. The molecule has 1 saturated heterocycles. The molecule has 2 aliphatic rings. The van der Waals surface area contributed by atoms with Gasteiger partial charge in [-0.15, -0.1) is 0 Å². The zero-order chi connectivity index (χ0) is 33.1. The Balaban J connectivity index is 1.61. The average Bonchev–Trinajstić information content (AvgIpc) is 3.75. The van der Waals surface area contributed by atoms with Crippen molar-refractivity contribution in [3.8, 4) is 0 Å². The summed E-state index contributed by atoms with van der Waals surface area (Å²) >= 11 is 0. The standard InChI is InChI=1S/C34H45N7O5/c35-32(46)34(26(13-7-21-38-33(36)37)29(43)30(44)39-25-16-17-25)20-8-22-41(34)31(45)27(18-14-23-9-3-1-4-10-23)40-28(42)19-15-24-11-5-2-6-12-24/h1-6,9-12,25-27H,7-8,13-22H2,(H2,35,46)(H,39,44)(H,40,42)(H4,36,37,38)/t26-,27+,34?/m1/s1. The molecule has 4 amide bonds. The van der Waals surface area contributed by atoms with Crippen LogP contribution in [0.4, 0.5) is 0 Å². The predicted molar refractivity (Wildman–Crippen MR) is 174 cm³/mol. The van der Waals surface area contributed by atoms with Gasteiger partial charge in [-0.2, -0.15) is 0 Å². The van der Waals surface area contributed by atoms with Gasteiger partial charge >= 0.3 is 0 Å². The molecule has 1 heterocycles. The number of Topliss-reactive ketones (excluding diaryl/α,β-unsaturated/α-hetero) is 1. The highest BCUT2D eigenvalue weighted by atomic mass is 16.2. The maximum absolute atomic E-state index is 14.4. The van der Waals surface area contributed by atoms with Gasteiger partial charge in [0.2, 0.25) is 23.5 Å². The number of rotatable bonds is 17. The summed E-state index contributed by atoms with van der Waals surface area (Å²) in [4.78, 5) is 73.2. The number of carbonyl (C=O) groups excluding carboxylic acids is 5. The Kier molecular flexibility index (Phi) is 11.9. The van der Waals surface area contributed by atoms with Gasteiger partial charge in [0.25, 0.3) is 5.91 Å². The number of primary amides is 1. The second-order valence-electron chi connectivity index (χ2n) is 12.1. The minimum atomic E-state index is -1.76. The summed E-state index contributed by atoms with van der Waals surface area (Å²) in [5, 5.41) is 5.62. The quantitative estimate of drug-likeness (QED) is 0.0744. The summed E-state index contributed by atoms with van der Waals surface area (Å²) in [6.07, 6.45) is 3.76. The van der Waals surface area contributed by atoms with Crippen LogP contribution in [0.1, 0.15) is 62.5 Å². The molecule has 1 aliphatic heterocycles. The van der Waals surface area contributed by atoms with E-state index in [2.05, 4.69) is 15.6 Å². The van der Waals surface area contributed by atoms with Crippen molar-refractivity contribution >= 4 is 35.4 Å². The van der Waals surface area contributed by atoms with E-state index in [1.165, 1.54) is 4.90 Å². The summed E-state index contributed by atoms with van der Waals surface area (Å²) in [6, 6.07) is 18.1. The maximum atomic E-state index is 14.4. The van der Waals surface area contributed by atoms with E-state index >= 15 is 0 Å². The van der Waals surface area contributed by atoms with Crippen molar-refractivity contribution in [2.24, 2.45) is 28.1 Å². The largest absolute Gasteiger partial charge is 0.370 e. The number of likely N-dealkylation sites (tertiary alicyclic amines) is 1. The first-order valence-corrected chi connectivity index (χ1v) is 16.0. The lowest BCUT2D eigenvalue weighted by Crippen LogP contribution is -2.66. The van der Waals surface area contributed by atoms with E-state index in [0.29, 0.717) is 19.3 Å². The minimum Gasteiger partial charge on any atom is -0.370 e. The van der Waals surface area contributed by atoms with Gasteiger partial charge in [0.15, 0.2) is 5.96 Å². The second-order valence-corrected chi connectivity index (χ2v) is 12.1. The van der Waals surface area contributed by atoms with E-state index in [1.54, 1.807) is 0 Å². The van der Waals surface area contributed by atoms with Gasteiger partial charge in [0.05, 0.1) is 5.92 Å². The van der Waals surface area contributed by atoms with Crippen LogP contribution in [0.15, 0.2) is 65.7 Å². The molecule has 0 aromatic heterocycles. The molecule has 2 aromatic carbocycles. The topological polar surface area (TPSA) is 203 Å². The van der Waals surface area contributed by atoms with E-state index in [-0.39, 0.29) is 63.1 Å². The first kappa shape index (κ1) is 34.1. The molecule has 1 aliphatic carbocycles. The van der Waals surface area contributed by atoms with Crippen molar-refractivity contribution in [3.05, 3.63) is 71.8 Å². The number of benzene rings is 2. The van der Waals surface area contributed by atoms with Crippen LogP contribution in [-0.4, -0.2) is 71.0 Å². The third kappa shape index (κ3) is 8.92. The van der Waals surface area contributed by atoms with Crippen molar-refractivity contribution < 1.29 is 24.0 Å². The summed E-state index contributed by atoms with van der Waals surface area (Å²) in [5.74, 6) is -4.63. The summed E-state index contributed by atoms with van der Waals surface area (Å²) in [7, 11) is 0. The number of ketones is 1. The van der Waals surface area contributed by atoms with Gasteiger partial charge in [0.1, 0.15) is 11.6 Å². The number of aliphatic imine (C=N–C) groups is 1. The van der Waals surface area contributed by atoms with Gasteiger partial charge in [-0.05, 0) is 68.9 Å². The first-order chi connectivity index (χ1) is 22.1. The zero-order valence-electron chi connectivity index (χ0n) is 26.2. The number of nitrogens with one attached hydrogen (secondary N) is 2. The fraction of sp³-hybridized carbons (Fsp3) is 0.471. The van der Waals surface area contributed by atoms with Crippen molar-refractivity contribution in [3.63, 3.8) is 0 Å². The minimum absolute atomic E-state index is 0.0541. The molecule has 46 heavy (non-hydrogen) atoms. The van der Waals surface area contributed by atoms with Gasteiger partial charge < -0.3 is 32.7 Å². The molecule has 0 radical (unpaired) electrons. The molecular weight excluding hydrogens is 586 g/mol. The number of hydrogen-bond acceptors (Lipinski definition) is 6. The smallest absolute Gasteiger partial charge is 0.287 e. The number of nitrogens with two attached hydrogens (primary N) is 3. The monoisotopic (exact) mass is 631 g/mol. The molecule has 0 bridgehead atoms. The predicted octanol–water partition coefficient (Wildman–Crippen LogP) is 1.10. The van der Waals surface area contributed by atoms with Crippen LogP contribution < -0.4 is 27.8 Å². The van der Waals surface area contributed by atoms with Gasteiger partial charge in [-0.25, -0.2) is 0 Å². The van der Waals surface area contributed by atoms with E-state index in [0.717, 1.165) is 24.0 Å². The molecule has 2 fully saturated rings. The Morgan fingerprint density at radius 1 is 0.891 bits per heavy atom. The first-order valence-electron chi connectivity index (χ1n) is 16.0. The molecule has 1 unspecified atom stereocenters. The van der Waals surface area contributed by atoms with Crippen LogP contribution in [0.5, 0.6) is 0 Å². The molecule has 1 saturated carbocycles. The van der Waals surface area contributed by atoms with Crippen molar-refractivity contribution in [1.29, 1.82) is 0 Å². The van der Waals surface area contributed by atoms with Gasteiger partial charge in [-0.1, -0.05) is 60.7 Å². The molecule has 0 spiro atoms. The molecule has 12 nitrogen and oxygen atoms in total. The molecular formula is C34H45N7O5. The number of carbonyl (C=O) groups is 5. The van der Waals surface area contributed by atoms with Gasteiger partial charge in [-0.3, -0.25) is 29.0 Å².